The highest BCUT2D eigenvalue weighted by Crippen LogP contribution is 2.41. The first-order chi connectivity index (χ1) is 17.5. The lowest BCUT2D eigenvalue weighted by molar-refractivity contribution is -0.0944. The molecule has 0 amide bonds. The van der Waals surface area contributed by atoms with Crippen LogP contribution in [0.5, 0.6) is 0 Å². The topological polar surface area (TPSA) is 93.6 Å². The molecular formula is C29H28N2O5. The van der Waals surface area contributed by atoms with Gasteiger partial charge in [-0.3, -0.25) is 14.3 Å². The predicted molar refractivity (Wildman–Crippen MR) is 136 cm³/mol. The SMILES string of the molecule is Cc1cn([C@H]2CC(O)C(COC(c3ccccc3)(c3ccccc3)c3ccccc3)O2)c(=O)[nH]c1=O. The quantitative estimate of drug-likeness (QED) is 0.392. The van der Waals surface area contributed by atoms with E-state index in [1.54, 1.807) is 6.92 Å². The molecule has 0 radical (unpaired) electrons. The van der Waals surface area contributed by atoms with Crippen molar-refractivity contribution in [2.45, 2.75) is 37.4 Å². The predicted octanol–water partition coefficient (Wildman–Crippen LogP) is 3.50. The number of hydrogen-bond acceptors (Lipinski definition) is 5. The van der Waals surface area contributed by atoms with Crippen LogP contribution >= 0.6 is 0 Å². The van der Waals surface area contributed by atoms with Crippen LogP contribution < -0.4 is 11.2 Å². The Bertz CT molecular complexity index is 1320. The first-order valence-electron chi connectivity index (χ1n) is 11.9. The fourth-order valence-corrected chi connectivity index (χ4v) is 4.81. The number of aryl methyl sites for hydroxylation is 1. The molecule has 1 aliphatic rings. The fourth-order valence-electron chi connectivity index (χ4n) is 4.81. The van der Waals surface area contributed by atoms with Crippen molar-refractivity contribution in [2.75, 3.05) is 6.61 Å². The largest absolute Gasteiger partial charge is 0.390 e. The van der Waals surface area contributed by atoms with Crippen LogP contribution in [-0.2, 0) is 15.1 Å². The molecule has 3 atom stereocenters. The molecule has 7 heteroatoms. The van der Waals surface area contributed by atoms with E-state index in [0.717, 1.165) is 16.7 Å². The summed E-state index contributed by atoms with van der Waals surface area (Å²) in [5.74, 6) is 0. The van der Waals surface area contributed by atoms with Gasteiger partial charge in [0.15, 0.2) is 0 Å². The highest BCUT2D eigenvalue weighted by Gasteiger charge is 2.41. The molecule has 2 N–H and O–H groups in total. The molecule has 1 aromatic heterocycles. The number of rotatable bonds is 7. The molecule has 184 valence electrons. The zero-order valence-corrected chi connectivity index (χ0v) is 19.9. The van der Waals surface area contributed by atoms with E-state index in [-0.39, 0.29) is 13.0 Å². The molecule has 0 bridgehead atoms. The fraction of sp³-hybridized carbons (Fsp3) is 0.241. The second-order valence-corrected chi connectivity index (χ2v) is 9.00. The molecule has 4 aromatic rings. The zero-order valence-electron chi connectivity index (χ0n) is 19.9. The number of aromatic amines is 1. The summed E-state index contributed by atoms with van der Waals surface area (Å²) in [5.41, 5.74) is 1.26. The lowest BCUT2D eigenvalue weighted by atomic mass is 9.80. The highest BCUT2D eigenvalue weighted by molar-refractivity contribution is 5.47. The molecule has 0 aliphatic carbocycles. The third-order valence-corrected chi connectivity index (χ3v) is 6.67. The molecule has 3 aromatic carbocycles. The standard InChI is InChI=1S/C29H28N2O5/c1-20-18-31(28(34)30-27(20)33)26-17-24(32)25(36-26)19-35-29(21-11-5-2-6-12-21,22-13-7-3-8-14-22)23-15-9-4-10-16-23/h2-16,18,24-26,32H,17,19H2,1H3,(H,30,33,34)/t24?,25?,26-/m1/s1. The number of hydrogen-bond donors (Lipinski definition) is 2. The van der Waals surface area contributed by atoms with E-state index >= 15 is 0 Å². The molecule has 7 nitrogen and oxygen atoms in total. The Balaban J connectivity index is 1.50. The number of aromatic nitrogens is 2. The number of H-pyrrole nitrogens is 1. The monoisotopic (exact) mass is 484 g/mol. The molecular weight excluding hydrogens is 456 g/mol. The summed E-state index contributed by atoms with van der Waals surface area (Å²) in [4.78, 5) is 26.4. The normalized spacial score (nSPS) is 19.9. The molecule has 0 saturated carbocycles. The molecule has 2 heterocycles. The van der Waals surface area contributed by atoms with Crippen molar-refractivity contribution in [1.82, 2.24) is 9.55 Å². The van der Waals surface area contributed by atoms with Crippen LogP contribution in [0.2, 0.25) is 0 Å². The Hall–Kier alpha value is -3.78. The van der Waals surface area contributed by atoms with E-state index in [2.05, 4.69) is 4.98 Å². The van der Waals surface area contributed by atoms with Gasteiger partial charge in [0.25, 0.3) is 5.56 Å². The lowest BCUT2D eigenvalue weighted by Crippen LogP contribution is -2.38. The summed E-state index contributed by atoms with van der Waals surface area (Å²) in [6.07, 6.45) is -0.576. The number of ether oxygens (including phenoxy) is 2. The van der Waals surface area contributed by atoms with Gasteiger partial charge in [0.1, 0.15) is 17.9 Å². The Morgan fingerprint density at radius 2 is 1.42 bits per heavy atom. The molecule has 1 fully saturated rings. The zero-order chi connectivity index (χ0) is 25.1. The molecule has 1 saturated heterocycles. The van der Waals surface area contributed by atoms with Crippen molar-refractivity contribution < 1.29 is 14.6 Å². The Labute approximate surface area is 208 Å². The van der Waals surface area contributed by atoms with Gasteiger partial charge in [0, 0.05) is 18.2 Å². The Kier molecular flexibility index (Phi) is 6.69. The van der Waals surface area contributed by atoms with Crippen LogP contribution in [-0.4, -0.2) is 33.5 Å². The van der Waals surface area contributed by atoms with Crippen LogP contribution in [0.1, 0.15) is 34.9 Å². The van der Waals surface area contributed by atoms with Gasteiger partial charge in [-0.15, -0.1) is 0 Å². The highest BCUT2D eigenvalue weighted by atomic mass is 16.6. The number of nitrogens with zero attached hydrogens (tertiary/aromatic N) is 1. The summed E-state index contributed by atoms with van der Waals surface area (Å²) in [5, 5.41) is 10.9. The van der Waals surface area contributed by atoms with Crippen molar-refractivity contribution in [1.29, 1.82) is 0 Å². The minimum atomic E-state index is -0.948. The molecule has 2 unspecified atom stereocenters. The van der Waals surface area contributed by atoms with E-state index in [4.69, 9.17) is 9.47 Å². The maximum atomic E-state index is 12.4. The number of benzene rings is 3. The summed E-state index contributed by atoms with van der Waals surface area (Å²) in [6, 6.07) is 29.9. The van der Waals surface area contributed by atoms with Crippen molar-refractivity contribution in [3.63, 3.8) is 0 Å². The van der Waals surface area contributed by atoms with Crippen LogP contribution in [0.25, 0.3) is 0 Å². The summed E-state index contributed by atoms with van der Waals surface area (Å²) >= 11 is 0. The van der Waals surface area contributed by atoms with Gasteiger partial charge in [0.2, 0.25) is 0 Å². The maximum Gasteiger partial charge on any atom is 0.330 e. The number of aliphatic hydroxyl groups excluding tert-OH is 1. The third-order valence-electron chi connectivity index (χ3n) is 6.67. The average molecular weight is 485 g/mol. The summed E-state index contributed by atoms with van der Waals surface area (Å²) in [7, 11) is 0. The first kappa shape index (κ1) is 23.9. The van der Waals surface area contributed by atoms with E-state index in [9.17, 15) is 14.7 Å². The van der Waals surface area contributed by atoms with Gasteiger partial charge in [-0.2, -0.15) is 0 Å². The molecule has 0 spiro atoms. The van der Waals surface area contributed by atoms with E-state index in [1.165, 1.54) is 10.8 Å². The smallest absolute Gasteiger partial charge is 0.330 e. The van der Waals surface area contributed by atoms with Crippen molar-refractivity contribution in [3.05, 3.63) is 140 Å². The van der Waals surface area contributed by atoms with Gasteiger partial charge in [-0.1, -0.05) is 91.0 Å². The van der Waals surface area contributed by atoms with Crippen LogP contribution in [0.4, 0.5) is 0 Å². The molecule has 5 rings (SSSR count). The van der Waals surface area contributed by atoms with E-state index < -0.39 is 35.3 Å². The number of aliphatic hydroxyl groups is 1. The molecule has 1 aliphatic heterocycles. The first-order valence-corrected chi connectivity index (χ1v) is 11.9. The van der Waals surface area contributed by atoms with E-state index in [1.807, 2.05) is 91.0 Å². The van der Waals surface area contributed by atoms with Crippen LogP contribution in [0, 0.1) is 6.92 Å². The minimum absolute atomic E-state index is 0.0768. The minimum Gasteiger partial charge on any atom is -0.390 e. The van der Waals surface area contributed by atoms with Crippen molar-refractivity contribution >= 4 is 0 Å². The van der Waals surface area contributed by atoms with Gasteiger partial charge < -0.3 is 14.6 Å². The van der Waals surface area contributed by atoms with Crippen molar-refractivity contribution in [2.24, 2.45) is 0 Å². The summed E-state index contributed by atoms with van der Waals surface area (Å²) < 4.78 is 14.2. The third kappa shape index (κ3) is 4.44. The van der Waals surface area contributed by atoms with Gasteiger partial charge in [-0.25, -0.2) is 4.79 Å². The van der Waals surface area contributed by atoms with Gasteiger partial charge in [0.05, 0.1) is 12.7 Å². The Morgan fingerprint density at radius 1 is 0.917 bits per heavy atom. The van der Waals surface area contributed by atoms with Crippen LogP contribution in [0.3, 0.4) is 0 Å². The lowest BCUT2D eigenvalue weighted by Gasteiger charge is -2.37. The summed E-state index contributed by atoms with van der Waals surface area (Å²) in [6.45, 7) is 1.70. The molecule has 36 heavy (non-hydrogen) atoms. The number of nitrogens with one attached hydrogen (secondary N) is 1. The average Bonchev–Trinajstić information content (AvgIpc) is 3.28. The second-order valence-electron chi connectivity index (χ2n) is 9.00. The van der Waals surface area contributed by atoms with Gasteiger partial charge in [-0.05, 0) is 23.6 Å². The maximum absolute atomic E-state index is 12.4. The van der Waals surface area contributed by atoms with Crippen LogP contribution in [0.15, 0.2) is 107 Å². The van der Waals surface area contributed by atoms with E-state index in [0.29, 0.717) is 5.56 Å². The van der Waals surface area contributed by atoms with Gasteiger partial charge >= 0.3 is 5.69 Å². The second kappa shape index (κ2) is 10.1. The Morgan fingerprint density at radius 3 is 1.92 bits per heavy atom. The van der Waals surface area contributed by atoms with Crippen molar-refractivity contribution in [3.8, 4) is 0 Å².